The maximum atomic E-state index is 12.8. The number of carboxylic acid groups (broad SMARTS) is 1. The van der Waals surface area contributed by atoms with E-state index in [1.165, 1.54) is 27.7 Å². The van der Waals surface area contributed by atoms with Crippen molar-refractivity contribution in [1.82, 2.24) is 9.47 Å². The minimum absolute atomic E-state index is 0.249. The van der Waals surface area contributed by atoms with Crippen LogP contribution < -0.4 is 5.56 Å². The first-order valence-electron chi connectivity index (χ1n) is 10.6. The van der Waals surface area contributed by atoms with Crippen molar-refractivity contribution in [3.05, 3.63) is 88.0 Å². The minimum atomic E-state index is -4.42. The van der Waals surface area contributed by atoms with Crippen molar-refractivity contribution in [2.75, 3.05) is 6.54 Å². The van der Waals surface area contributed by atoms with Crippen LogP contribution in [0.15, 0.2) is 70.0 Å². The van der Waals surface area contributed by atoms with Gasteiger partial charge in [-0.1, -0.05) is 12.1 Å². The summed E-state index contributed by atoms with van der Waals surface area (Å²) in [6, 6.07) is 13.0. The van der Waals surface area contributed by atoms with E-state index in [1.54, 1.807) is 24.4 Å². The van der Waals surface area contributed by atoms with Crippen molar-refractivity contribution < 1.29 is 27.5 Å². The number of pyridine rings is 1. The molecule has 0 saturated heterocycles. The standard InChI is InChI=1S/C25H19F3N2O4/c26-25(27,28)17-5-3-15(4-6-17)16-9-11-30(23(31)12-16)18-7-8-19-20-14-29(24(32)33)10-1-2-21(20)34-22(19)13-18/h3-9,11-13H,1-2,10,14H2,(H,32,33). The number of rotatable bonds is 2. The highest BCUT2D eigenvalue weighted by Crippen LogP contribution is 2.32. The highest BCUT2D eigenvalue weighted by Gasteiger charge is 2.30. The second-order valence-electron chi connectivity index (χ2n) is 8.19. The van der Waals surface area contributed by atoms with Crippen LogP contribution in [0.3, 0.4) is 0 Å². The van der Waals surface area contributed by atoms with Gasteiger partial charge >= 0.3 is 12.3 Å². The van der Waals surface area contributed by atoms with E-state index in [-0.39, 0.29) is 12.1 Å². The Bertz CT molecular complexity index is 1450. The first-order valence-corrected chi connectivity index (χ1v) is 10.6. The van der Waals surface area contributed by atoms with Gasteiger partial charge in [-0.05, 0) is 47.9 Å². The van der Waals surface area contributed by atoms with Gasteiger partial charge in [-0.2, -0.15) is 13.2 Å². The predicted octanol–water partition coefficient (Wildman–Crippen LogP) is 5.70. The van der Waals surface area contributed by atoms with Gasteiger partial charge in [0, 0.05) is 42.2 Å². The summed E-state index contributed by atoms with van der Waals surface area (Å²) < 4.78 is 45.8. The molecule has 2 aromatic heterocycles. The lowest BCUT2D eigenvalue weighted by atomic mass is 10.0. The van der Waals surface area contributed by atoms with Crippen LogP contribution in [0.2, 0.25) is 0 Å². The van der Waals surface area contributed by atoms with Crippen molar-refractivity contribution in [3.63, 3.8) is 0 Å². The third-order valence-electron chi connectivity index (χ3n) is 6.05. The van der Waals surface area contributed by atoms with E-state index in [1.807, 2.05) is 6.07 Å². The number of amides is 1. The number of fused-ring (bicyclic) bond motifs is 3. The molecule has 0 unspecified atom stereocenters. The Labute approximate surface area is 191 Å². The first kappa shape index (κ1) is 21.8. The molecule has 0 radical (unpaired) electrons. The average Bonchev–Trinajstić information content (AvgIpc) is 2.99. The van der Waals surface area contributed by atoms with Crippen LogP contribution in [0.4, 0.5) is 18.0 Å². The number of aromatic nitrogens is 1. The summed E-state index contributed by atoms with van der Waals surface area (Å²) in [6.45, 7) is 0.693. The van der Waals surface area contributed by atoms with Crippen molar-refractivity contribution in [1.29, 1.82) is 0 Å². The van der Waals surface area contributed by atoms with E-state index in [0.29, 0.717) is 41.8 Å². The van der Waals surface area contributed by atoms with Crippen LogP contribution in [0.5, 0.6) is 0 Å². The monoisotopic (exact) mass is 468 g/mol. The Morgan fingerprint density at radius 3 is 2.44 bits per heavy atom. The van der Waals surface area contributed by atoms with Gasteiger partial charge in [0.2, 0.25) is 0 Å². The fourth-order valence-corrected chi connectivity index (χ4v) is 4.30. The molecule has 0 bridgehead atoms. The SMILES string of the molecule is O=C(O)N1CCCc2oc3cc(-n4ccc(-c5ccc(C(F)(F)F)cc5)cc4=O)ccc3c2C1. The second kappa shape index (κ2) is 8.09. The van der Waals surface area contributed by atoms with Crippen LogP contribution in [0.1, 0.15) is 23.3 Å². The summed E-state index contributed by atoms with van der Waals surface area (Å²) in [5.74, 6) is 0.751. The Morgan fingerprint density at radius 1 is 1.00 bits per heavy atom. The van der Waals surface area contributed by atoms with E-state index >= 15 is 0 Å². The lowest BCUT2D eigenvalue weighted by Gasteiger charge is -2.15. The highest BCUT2D eigenvalue weighted by atomic mass is 19.4. The summed E-state index contributed by atoms with van der Waals surface area (Å²) >= 11 is 0. The quantitative estimate of drug-likeness (QED) is 0.410. The van der Waals surface area contributed by atoms with Gasteiger partial charge in [-0.15, -0.1) is 0 Å². The molecule has 1 aliphatic heterocycles. The largest absolute Gasteiger partial charge is 0.465 e. The number of halogens is 3. The van der Waals surface area contributed by atoms with Gasteiger partial charge < -0.3 is 14.4 Å². The van der Waals surface area contributed by atoms with Gasteiger partial charge in [0.1, 0.15) is 11.3 Å². The third-order valence-corrected chi connectivity index (χ3v) is 6.05. The molecule has 0 saturated carbocycles. The molecule has 4 aromatic rings. The molecular weight excluding hydrogens is 449 g/mol. The number of carbonyl (C=O) groups is 1. The fraction of sp³-hybridized carbons (Fsp3) is 0.200. The van der Waals surface area contributed by atoms with Crippen molar-refractivity contribution in [2.24, 2.45) is 0 Å². The van der Waals surface area contributed by atoms with Gasteiger partial charge in [-0.25, -0.2) is 4.79 Å². The summed E-state index contributed by atoms with van der Waals surface area (Å²) in [6.07, 6.45) is -2.53. The molecule has 3 heterocycles. The number of hydrogen-bond donors (Lipinski definition) is 1. The average molecular weight is 468 g/mol. The van der Waals surface area contributed by atoms with Crippen molar-refractivity contribution in [3.8, 4) is 16.8 Å². The Balaban J connectivity index is 1.47. The summed E-state index contributed by atoms with van der Waals surface area (Å²) in [5, 5.41) is 10.2. The lowest BCUT2D eigenvalue weighted by molar-refractivity contribution is -0.137. The summed E-state index contributed by atoms with van der Waals surface area (Å²) in [5.41, 5.74) is 1.89. The molecule has 5 rings (SSSR count). The van der Waals surface area contributed by atoms with Crippen molar-refractivity contribution >= 4 is 17.1 Å². The topological polar surface area (TPSA) is 75.7 Å². The molecule has 0 fully saturated rings. The summed E-state index contributed by atoms with van der Waals surface area (Å²) in [4.78, 5) is 25.6. The third kappa shape index (κ3) is 3.93. The van der Waals surface area contributed by atoms with Crippen LogP contribution in [-0.4, -0.2) is 27.2 Å². The van der Waals surface area contributed by atoms with Crippen LogP contribution >= 0.6 is 0 Å². The minimum Gasteiger partial charge on any atom is -0.465 e. The van der Waals surface area contributed by atoms with E-state index in [9.17, 15) is 27.9 Å². The maximum Gasteiger partial charge on any atom is 0.416 e. The molecule has 1 N–H and O–H groups in total. The fourth-order valence-electron chi connectivity index (χ4n) is 4.30. The second-order valence-corrected chi connectivity index (χ2v) is 8.19. The number of benzene rings is 2. The lowest BCUT2D eigenvalue weighted by Crippen LogP contribution is -2.28. The molecular formula is C25H19F3N2O4. The normalized spacial score (nSPS) is 14.1. The van der Waals surface area contributed by atoms with E-state index in [4.69, 9.17) is 4.42 Å². The molecule has 0 spiro atoms. The molecule has 34 heavy (non-hydrogen) atoms. The van der Waals surface area contributed by atoms with Gasteiger partial charge in [0.25, 0.3) is 5.56 Å². The van der Waals surface area contributed by atoms with Crippen LogP contribution in [0, 0.1) is 0 Å². The number of furan rings is 1. The molecule has 2 aromatic carbocycles. The zero-order valence-corrected chi connectivity index (χ0v) is 17.8. The van der Waals surface area contributed by atoms with E-state index in [2.05, 4.69) is 0 Å². The molecule has 0 atom stereocenters. The van der Waals surface area contributed by atoms with E-state index < -0.39 is 17.8 Å². The van der Waals surface area contributed by atoms with Gasteiger partial charge in [0.05, 0.1) is 17.8 Å². The Morgan fingerprint density at radius 2 is 1.76 bits per heavy atom. The Hall–Kier alpha value is -4.01. The van der Waals surface area contributed by atoms with Gasteiger partial charge in [-0.3, -0.25) is 9.36 Å². The number of hydrogen-bond acceptors (Lipinski definition) is 3. The maximum absolute atomic E-state index is 12.8. The zero-order valence-electron chi connectivity index (χ0n) is 17.8. The highest BCUT2D eigenvalue weighted by molar-refractivity contribution is 5.84. The molecule has 6 nitrogen and oxygen atoms in total. The molecule has 0 aliphatic carbocycles. The number of nitrogens with zero attached hydrogens (tertiary/aromatic N) is 2. The van der Waals surface area contributed by atoms with Crippen LogP contribution in [0.25, 0.3) is 27.8 Å². The van der Waals surface area contributed by atoms with Crippen LogP contribution in [-0.2, 0) is 19.1 Å². The Kier molecular flexibility index (Phi) is 5.19. The molecule has 174 valence electrons. The smallest absolute Gasteiger partial charge is 0.416 e. The number of aryl methyl sites for hydroxylation is 1. The zero-order chi connectivity index (χ0) is 24.0. The predicted molar refractivity (Wildman–Crippen MR) is 119 cm³/mol. The molecule has 1 amide bonds. The van der Waals surface area contributed by atoms with Crippen molar-refractivity contribution in [2.45, 2.75) is 25.6 Å². The molecule has 1 aliphatic rings. The summed E-state index contributed by atoms with van der Waals surface area (Å²) in [7, 11) is 0. The van der Waals surface area contributed by atoms with E-state index in [0.717, 1.165) is 28.8 Å². The van der Waals surface area contributed by atoms with Gasteiger partial charge in [0.15, 0.2) is 0 Å². The molecule has 9 heteroatoms. The number of alkyl halides is 3. The first-order chi connectivity index (χ1) is 16.2.